The number of hydrogen-bond acceptors (Lipinski definition) is 5. The highest BCUT2D eigenvalue weighted by atomic mass is 32.2. The van der Waals surface area contributed by atoms with Gasteiger partial charge in [-0.2, -0.15) is 0 Å². The van der Waals surface area contributed by atoms with Gasteiger partial charge in [0.2, 0.25) is 5.88 Å². The van der Waals surface area contributed by atoms with Crippen molar-refractivity contribution < 1.29 is 14.2 Å². The van der Waals surface area contributed by atoms with E-state index in [1.54, 1.807) is 7.11 Å². The van der Waals surface area contributed by atoms with Crippen LogP contribution < -0.4 is 4.74 Å². The second-order valence-electron chi connectivity index (χ2n) is 11.8. The molecule has 0 unspecified atom stereocenters. The van der Waals surface area contributed by atoms with Crippen LogP contribution in [0.15, 0.2) is 108 Å². The topological polar surface area (TPSA) is 40.6 Å². The summed E-state index contributed by atoms with van der Waals surface area (Å²) < 4.78 is 19.4. The highest BCUT2D eigenvalue weighted by molar-refractivity contribution is 8.00. The second-order valence-corrected chi connectivity index (χ2v) is 13.1. The van der Waals surface area contributed by atoms with Crippen molar-refractivity contribution in [1.29, 1.82) is 0 Å². The Morgan fingerprint density at radius 1 is 0.833 bits per heavy atom. The van der Waals surface area contributed by atoms with E-state index in [9.17, 15) is 0 Å². The molecule has 3 aliphatic rings. The minimum atomic E-state index is -0.615. The molecule has 2 aliphatic carbocycles. The second kappa shape index (κ2) is 11.7. The fraction of sp³-hybridized carbons (Fsp3) is 0.324. The number of nitrogens with zero attached hydrogens (tertiary/aromatic N) is 1. The molecule has 3 atom stereocenters. The number of methoxy groups -OCH3 is 1. The molecule has 0 amide bonds. The molecule has 0 bridgehead atoms. The SMILES string of the molecule is COc1nc(C(=C[C@H]2CCC3(C2)O[C@H](c2ccccc2)[C@@H](c2ccccc2)O3)c2ccc(SC3CC3)cc2)ccc1C. The van der Waals surface area contributed by atoms with Gasteiger partial charge in [0.1, 0.15) is 12.2 Å². The summed E-state index contributed by atoms with van der Waals surface area (Å²) >= 11 is 1.99. The fourth-order valence-electron chi connectivity index (χ4n) is 6.27. The molecule has 3 aromatic carbocycles. The lowest BCUT2D eigenvalue weighted by Crippen LogP contribution is -2.26. The normalized spacial score (nSPS) is 23.4. The zero-order valence-corrected chi connectivity index (χ0v) is 25.1. The van der Waals surface area contributed by atoms with Gasteiger partial charge < -0.3 is 14.2 Å². The number of rotatable bonds is 8. The molecule has 3 fully saturated rings. The van der Waals surface area contributed by atoms with Crippen LogP contribution in [0.25, 0.3) is 5.57 Å². The Morgan fingerprint density at radius 2 is 1.48 bits per heavy atom. The maximum atomic E-state index is 6.91. The standard InChI is InChI=1S/C37H37NO3S/c1-25-13-20-33(38-36(25)39-2)32(27-14-16-30(17-15-27)42-31-18-19-31)23-26-21-22-37(24-26)40-34(28-9-5-3-6-10-28)35(41-37)29-11-7-4-8-12-29/h3-17,20,23,26,31,34-35H,18-19,21-22,24H2,1-2H3/t26-,34-,35-/m1/s1. The molecule has 1 aliphatic heterocycles. The predicted octanol–water partition coefficient (Wildman–Crippen LogP) is 9.11. The maximum absolute atomic E-state index is 6.91. The van der Waals surface area contributed by atoms with Crippen molar-refractivity contribution in [3.05, 3.63) is 131 Å². The van der Waals surface area contributed by atoms with Crippen molar-refractivity contribution in [2.45, 2.75) is 67.2 Å². The van der Waals surface area contributed by atoms with Crippen molar-refractivity contribution in [2.24, 2.45) is 5.92 Å². The highest BCUT2D eigenvalue weighted by Crippen LogP contribution is 2.54. The third-order valence-electron chi connectivity index (χ3n) is 8.60. The molecule has 0 radical (unpaired) electrons. The Bertz CT molecular complexity index is 1500. The van der Waals surface area contributed by atoms with E-state index in [2.05, 4.69) is 103 Å². The summed E-state index contributed by atoms with van der Waals surface area (Å²) in [7, 11) is 1.69. The van der Waals surface area contributed by atoms with Crippen molar-refractivity contribution >= 4 is 17.3 Å². The zero-order valence-electron chi connectivity index (χ0n) is 24.2. The Hall–Kier alpha value is -3.38. The molecular formula is C37H37NO3S. The summed E-state index contributed by atoms with van der Waals surface area (Å²) in [6.45, 7) is 2.03. The van der Waals surface area contributed by atoms with Crippen LogP contribution in [-0.4, -0.2) is 23.1 Å². The third kappa shape index (κ3) is 5.78. The Morgan fingerprint density at radius 3 is 2.07 bits per heavy atom. The summed E-state index contributed by atoms with van der Waals surface area (Å²) in [5.74, 6) is 0.345. The van der Waals surface area contributed by atoms with Crippen LogP contribution in [0.4, 0.5) is 0 Å². The average Bonchev–Trinajstić information content (AvgIpc) is 3.65. The van der Waals surface area contributed by atoms with Crippen LogP contribution in [-0.2, 0) is 9.47 Å². The molecule has 1 aromatic heterocycles. The zero-order chi connectivity index (χ0) is 28.5. The highest BCUT2D eigenvalue weighted by Gasteiger charge is 2.52. The molecule has 4 nitrogen and oxygen atoms in total. The number of pyridine rings is 1. The molecule has 5 heteroatoms. The summed E-state index contributed by atoms with van der Waals surface area (Å²) in [5.41, 5.74) is 6.58. The molecule has 1 spiro atoms. The molecule has 2 saturated carbocycles. The number of thioether (sulfide) groups is 1. The maximum Gasteiger partial charge on any atom is 0.216 e. The minimum Gasteiger partial charge on any atom is -0.481 e. The first kappa shape index (κ1) is 27.5. The number of aromatic nitrogens is 1. The number of benzene rings is 3. The Balaban J connectivity index is 1.20. The van der Waals surface area contributed by atoms with Crippen LogP contribution >= 0.6 is 11.8 Å². The van der Waals surface area contributed by atoms with Crippen LogP contribution in [0, 0.1) is 12.8 Å². The largest absolute Gasteiger partial charge is 0.481 e. The van der Waals surface area contributed by atoms with Gasteiger partial charge in [-0.25, -0.2) is 4.98 Å². The monoisotopic (exact) mass is 575 g/mol. The first-order chi connectivity index (χ1) is 20.6. The van der Waals surface area contributed by atoms with Gasteiger partial charge in [0, 0.05) is 34.1 Å². The van der Waals surface area contributed by atoms with Gasteiger partial charge in [0.25, 0.3) is 0 Å². The predicted molar refractivity (Wildman–Crippen MR) is 169 cm³/mol. The summed E-state index contributed by atoms with van der Waals surface area (Å²) in [6.07, 6.45) is 7.42. The Kier molecular flexibility index (Phi) is 7.66. The molecular weight excluding hydrogens is 538 g/mol. The summed E-state index contributed by atoms with van der Waals surface area (Å²) in [5, 5.41) is 0.786. The molecule has 214 valence electrons. The third-order valence-corrected chi connectivity index (χ3v) is 9.95. The van der Waals surface area contributed by atoms with Crippen LogP contribution in [0.1, 0.15) is 72.3 Å². The first-order valence-electron chi connectivity index (χ1n) is 15.1. The van der Waals surface area contributed by atoms with Crippen molar-refractivity contribution in [3.63, 3.8) is 0 Å². The fourth-order valence-corrected chi connectivity index (χ4v) is 7.32. The van der Waals surface area contributed by atoms with E-state index >= 15 is 0 Å². The van der Waals surface area contributed by atoms with Gasteiger partial charge in [-0.05, 0) is 67.0 Å². The van der Waals surface area contributed by atoms with Gasteiger partial charge >= 0.3 is 0 Å². The molecule has 7 rings (SSSR count). The Labute approximate surface area is 253 Å². The smallest absolute Gasteiger partial charge is 0.216 e. The van der Waals surface area contributed by atoms with E-state index in [1.807, 2.05) is 18.7 Å². The van der Waals surface area contributed by atoms with Gasteiger partial charge in [-0.1, -0.05) is 84.9 Å². The van der Waals surface area contributed by atoms with E-state index in [1.165, 1.54) is 23.3 Å². The summed E-state index contributed by atoms with van der Waals surface area (Å²) in [4.78, 5) is 6.26. The van der Waals surface area contributed by atoms with Crippen LogP contribution in [0.5, 0.6) is 5.88 Å². The van der Waals surface area contributed by atoms with Crippen LogP contribution in [0.3, 0.4) is 0 Å². The molecule has 4 aromatic rings. The van der Waals surface area contributed by atoms with Crippen LogP contribution in [0.2, 0.25) is 0 Å². The molecule has 2 heterocycles. The van der Waals surface area contributed by atoms with Gasteiger partial charge in [-0.15, -0.1) is 11.8 Å². The molecule has 42 heavy (non-hydrogen) atoms. The quantitative estimate of drug-likeness (QED) is 0.210. The van der Waals surface area contributed by atoms with E-state index in [0.717, 1.165) is 52.5 Å². The number of ether oxygens (including phenoxy) is 3. The van der Waals surface area contributed by atoms with Crippen molar-refractivity contribution in [1.82, 2.24) is 4.98 Å². The average molecular weight is 576 g/mol. The molecule has 1 saturated heterocycles. The van der Waals surface area contributed by atoms with Gasteiger partial charge in [0.05, 0.1) is 12.8 Å². The number of aryl methyl sites for hydroxylation is 1. The number of hydrogen-bond donors (Lipinski definition) is 0. The van der Waals surface area contributed by atoms with E-state index < -0.39 is 5.79 Å². The van der Waals surface area contributed by atoms with E-state index in [4.69, 9.17) is 19.2 Å². The lowest BCUT2D eigenvalue weighted by Gasteiger charge is -2.23. The van der Waals surface area contributed by atoms with E-state index in [-0.39, 0.29) is 12.2 Å². The molecule has 0 N–H and O–H groups in total. The summed E-state index contributed by atoms with van der Waals surface area (Å²) in [6, 6.07) is 34.2. The number of allylic oxidation sites excluding steroid dienone is 1. The van der Waals surface area contributed by atoms with Gasteiger partial charge in [0.15, 0.2) is 5.79 Å². The lowest BCUT2D eigenvalue weighted by atomic mass is 9.95. The first-order valence-corrected chi connectivity index (χ1v) is 15.9. The van der Waals surface area contributed by atoms with Gasteiger partial charge in [-0.3, -0.25) is 0 Å². The minimum absolute atomic E-state index is 0.143. The van der Waals surface area contributed by atoms with Crippen molar-refractivity contribution in [3.8, 4) is 5.88 Å². The van der Waals surface area contributed by atoms with Crippen molar-refractivity contribution in [2.75, 3.05) is 7.11 Å². The lowest BCUT2D eigenvalue weighted by molar-refractivity contribution is -0.171. The van der Waals surface area contributed by atoms with E-state index in [0.29, 0.717) is 11.8 Å².